The SMILES string of the molecule is CC(C)CC(CCO)CNC(=O)C(C)c1ccc(Cl)s1. The van der Waals surface area contributed by atoms with E-state index in [1.54, 1.807) is 0 Å². The number of aliphatic hydroxyl groups excluding tert-OH is 1. The van der Waals surface area contributed by atoms with Gasteiger partial charge >= 0.3 is 0 Å². The Labute approximate surface area is 130 Å². The van der Waals surface area contributed by atoms with Gasteiger partial charge in [0.25, 0.3) is 0 Å². The Bertz CT molecular complexity index is 420. The molecule has 5 heteroatoms. The minimum atomic E-state index is -0.179. The van der Waals surface area contributed by atoms with Crippen molar-refractivity contribution in [1.29, 1.82) is 0 Å². The van der Waals surface area contributed by atoms with E-state index in [9.17, 15) is 4.79 Å². The van der Waals surface area contributed by atoms with Gasteiger partial charge in [-0.1, -0.05) is 25.4 Å². The van der Waals surface area contributed by atoms with Crippen LogP contribution in [0.2, 0.25) is 4.34 Å². The van der Waals surface area contributed by atoms with Crippen LogP contribution in [0.1, 0.15) is 44.4 Å². The lowest BCUT2D eigenvalue weighted by molar-refractivity contribution is -0.122. The molecule has 1 aromatic rings. The fraction of sp³-hybridized carbons (Fsp3) is 0.667. The van der Waals surface area contributed by atoms with E-state index in [-0.39, 0.29) is 18.4 Å². The molecule has 0 saturated carbocycles. The number of carbonyl (C=O) groups excluding carboxylic acids is 1. The average Bonchev–Trinajstić information content (AvgIpc) is 2.81. The molecule has 20 heavy (non-hydrogen) atoms. The molecular formula is C15H24ClNO2S. The second-order valence-electron chi connectivity index (χ2n) is 5.62. The maximum Gasteiger partial charge on any atom is 0.228 e. The Hall–Kier alpha value is -0.580. The lowest BCUT2D eigenvalue weighted by Crippen LogP contribution is -2.33. The van der Waals surface area contributed by atoms with Crippen molar-refractivity contribution in [1.82, 2.24) is 5.32 Å². The summed E-state index contributed by atoms with van der Waals surface area (Å²) in [6, 6.07) is 3.72. The summed E-state index contributed by atoms with van der Waals surface area (Å²) in [6.45, 7) is 7.00. The molecule has 0 radical (unpaired) electrons. The van der Waals surface area contributed by atoms with Crippen molar-refractivity contribution in [2.24, 2.45) is 11.8 Å². The van der Waals surface area contributed by atoms with Gasteiger partial charge in [-0.05, 0) is 43.7 Å². The van der Waals surface area contributed by atoms with Gasteiger partial charge < -0.3 is 10.4 Å². The summed E-state index contributed by atoms with van der Waals surface area (Å²) in [5.41, 5.74) is 0. The van der Waals surface area contributed by atoms with Crippen LogP contribution in [0.5, 0.6) is 0 Å². The molecule has 0 aliphatic heterocycles. The smallest absolute Gasteiger partial charge is 0.228 e. The van der Waals surface area contributed by atoms with Crippen molar-refractivity contribution >= 4 is 28.8 Å². The Balaban J connectivity index is 2.48. The van der Waals surface area contributed by atoms with Crippen molar-refractivity contribution in [2.45, 2.75) is 39.5 Å². The van der Waals surface area contributed by atoms with Gasteiger partial charge in [-0.25, -0.2) is 0 Å². The fourth-order valence-electron chi connectivity index (χ4n) is 2.24. The standard InChI is InChI=1S/C15H24ClNO2S/c1-10(2)8-12(6-7-18)9-17-15(19)11(3)13-4-5-14(16)20-13/h4-5,10-12,18H,6-9H2,1-3H3,(H,17,19). The van der Waals surface area contributed by atoms with E-state index in [0.29, 0.717) is 22.7 Å². The van der Waals surface area contributed by atoms with Crippen LogP contribution in [0.25, 0.3) is 0 Å². The first-order valence-electron chi connectivity index (χ1n) is 7.07. The first-order chi connectivity index (χ1) is 9.43. The number of amides is 1. The van der Waals surface area contributed by atoms with Crippen molar-refractivity contribution in [3.63, 3.8) is 0 Å². The molecule has 1 amide bonds. The molecule has 0 saturated heterocycles. The van der Waals surface area contributed by atoms with Gasteiger partial charge in [0.2, 0.25) is 5.91 Å². The quantitative estimate of drug-likeness (QED) is 0.768. The van der Waals surface area contributed by atoms with E-state index in [4.69, 9.17) is 16.7 Å². The van der Waals surface area contributed by atoms with E-state index in [2.05, 4.69) is 19.2 Å². The second-order valence-corrected chi connectivity index (χ2v) is 7.36. The highest BCUT2D eigenvalue weighted by atomic mass is 35.5. The largest absolute Gasteiger partial charge is 0.396 e. The zero-order valence-electron chi connectivity index (χ0n) is 12.4. The number of thiophene rings is 1. The van der Waals surface area contributed by atoms with Gasteiger partial charge in [-0.2, -0.15) is 0 Å². The second kappa shape index (κ2) is 8.65. The normalized spacial score (nSPS) is 14.3. The molecule has 1 heterocycles. The van der Waals surface area contributed by atoms with E-state index < -0.39 is 0 Å². The third-order valence-electron chi connectivity index (χ3n) is 3.32. The van der Waals surface area contributed by atoms with Crippen LogP contribution in [-0.4, -0.2) is 24.2 Å². The van der Waals surface area contributed by atoms with Crippen LogP contribution in [0, 0.1) is 11.8 Å². The molecular weight excluding hydrogens is 294 g/mol. The summed E-state index contributed by atoms with van der Waals surface area (Å²) in [5.74, 6) is 0.747. The highest BCUT2D eigenvalue weighted by molar-refractivity contribution is 7.16. The number of rotatable bonds is 8. The zero-order valence-corrected chi connectivity index (χ0v) is 13.9. The molecule has 0 fully saturated rings. The minimum Gasteiger partial charge on any atom is -0.396 e. The maximum atomic E-state index is 12.1. The van der Waals surface area contributed by atoms with Gasteiger partial charge in [0.15, 0.2) is 0 Å². The highest BCUT2D eigenvalue weighted by Gasteiger charge is 2.18. The number of halogens is 1. The van der Waals surface area contributed by atoms with Crippen LogP contribution in [0.4, 0.5) is 0 Å². The highest BCUT2D eigenvalue weighted by Crippen LogP contribution is 2.28. The third kappa shape index (κ3) is 5.81. The molecule has 2 atom stereocenters. The minimum absolute atomic E-state index is 0.0233. The molecule has 114 valence electrons. The monoisotopic (exact) mass is 317 g/mol. The van der Waals surface area contributed by atoms with Crippen LogP contribution in [0.15, 0.2) is 12.1 Å². The topological polar surface area (TPSA) is 49.3 Å². The summed E-state index contributed by atoms with van der Waals surface area (Å²) < 4.78 is 0.706. The van der Waals surface area contributed by atoms with E-state index in [1.807, 2.05) is 19.1 Å². The molecule has 0 bridgehead atoms. The van der Waals surface area contributed by atoms with Gasteiger partial charge in [-0.15, -0.1) is 11.3 Å². The average molecular weight is 318 g/mol. The summed E-state index contributed by atoms with van der Waals surface area (Å²) in [7, 11) is 0. The Morgan fingerprint density at radius 3 is 2.60 bits per heavy atom. The summed E-state index contributed by atoms with van der Waals surface area (Å²) >= 11 is 7.34. The van der Waals surface area contributed by atoms with Gasteiger partial charge in [0.05, 0.1) is 10.3 Å². The van der Waals surface area contributed by atoms with Crippen molar-refractivity contribution in [2.75, 3.05) is 13.2 Å². The summed E-state index contributed by atoms with van der Waals surface area (Å²) in [5, 5.41) is 12.1. The summed E-state index contributed by atoms with van der Waals surface area (Å²) in [6.07, 6.45) is 1.75. The lowest BCUT2D eigenvalue weighted by Gasteiger charge is -2.19. The predicted octanol–water partition coefficient (Wildman–Crippen LogP) is 3.67. The molecule has 3 nitrogen and oxygen atoms in total. The molecule has 1 aromatic heterocycles. The number of hydrogen-bond acceptors (Lipinski definition) is 3. The molecule has 0 spiro atoms. The molecule has 1 rings (SSSR count). The molecule has 2 unspecified atom stereocenters. The van der Waals surface area contributed by atoms with E-state index in [1.165, 1.54) is 11.3 Å². The molecule has 2 N–H and O–H groups in total. The molecule has 0 aliphatic rings. The lowest BCUT2D eigenvalue weighted by atomic mass is 9.94. The number of aliphatic hydroxyl groups is 1. The summed E-state index contributed by atoms with van der Waals surface area (Å²) in [4.78, 5) is 13.1. The van der Waals surface area contributed by atoms with Crippen molar-refractivity contribution < 1.29 is 9.90 Å². The van der Waals surface area contributed by atoms with Crippen LogP contribution >= 0.6 is 22.9 Å². The van der Waals surface area contributed by atoms with Crippen molar-refractivity contribution in [3.8, 4) is 0 Å². The fourth-order valence-corrected chi connectivity index (χ4v) is 3.35. The zero-order chi connectivity index (χ0) is 15.1. The Morgan fingerprint density at radius 2 is 2.10 bits per heavy atom. The van der Waals surface area contributed by atoms with Crippen molar-refractivity contribution in [3.05, 3.63) is 21.3 Å². The van der Waals surface area contributed by atoms with Gasteiger partial charge in [-0.3, -0.25) is 4.79 Å². The Kier molecular flexibility index (Phi) is 7.56. The first kappa shape index (κ1) is 17.5. The Morgan fingerprint density at radius 1 is 1.40 bits per heavy atom. The molecule has 0 aromatic carbocycles. The first-order valence-corrected chi connectivity index (χ1v) is 8.27. The number of carbonyl (C=O) groups is 1. The maximum absolute atomic E-state index is 12.1. The van der Waals surface area contributed by atoms with Gasteiger partial charge in [0.1, 0.15) is 0 Å². The number of nitrogens with one attached hydrogen (secondary N) is 1. The van der Waals surface area contributed by atoms with Gasteiger partial charge in [0, 0.05) is 18.0 Å². The molecule has 0 aliphatic carbocycles. The van der Waals surface area contributed by atoms with Crippen LogP contribution in [-0.2, 0) is 4.79 Å². The van der Waals surface area contributed by atoms with E-state index >= 15 is 0 Å². The predicted molar refractivity (Wildman–Crippen MR) is 85.4 cm³/mol. The third-order valence-corrected chi connectivity index (χ3v) is 4.73. The van der Waals surface area contributed by atoms with Crippen LogP contribution in [0.3, 0.4) is 0 Å². The van der Waals surface area contributed by atoms with E-state index in [0.717, 1.165) is 17.7 Å². The van der Waals surface area contributed by atoms with Crippen LogP contribution < -0.4 is 5.32 Å². The number of hydrogen-bond donors (Lipinski definition) is 2.